The Balaban J connectivity index is 1.67. The predicted molar refractivity (Wildman–Crippen MR) is 95.4 cm³/mol. The van der Waals surface area contributed by atoms with Crippen LogP contribution in [0.2, 0.25) is 0 Å². The topological polar surface area (TPSA) is 46.9 Å². The number of hydrogen-bond acceptors (Lipinski definition) is 2. The molecule has 0 fully saturated rings. The number of hydrogen-bond donors (Lipinski definition) is 1. The molecule has 0 spiro atoms. The lowest BCUT2D eigenvalue weighted by Gasteiger charge is -2.18. The Bertz CT molecular complexity index is 780. The summed E-state index contributed by atoms with van der Waals surface area (Å²) in [6.45, 7) is 3.83. The molecule has 2 atom stereocenters. The lowest BCUT2D eigenvalue weighted by atomic mass is 10.0. The van der Waals surface area contributed by atoms with Crippen molar-refractivity contribution in [2.24, 2.45) is 0 Å². The lowest BCUT2D eigenvalue weighted by molar-refractivity contribution is -0.124. The Morgan fingerprint density at radius 2 is 1.62 bits per heavy atom. The number of carbonyl (C=O) groups excluding carboxylic acids is 1. The molecule has 1 amide bonds. The van der Waals surface area contributed by atoms with E-state index in [4.69, 9.17) is 0 Å². The molecule has 2 aromatic carbocycles. The zero-order valence-corrected chi connectivity index (χ0v) is 13.9. The fourth-order valence-corrected chi connectivity index (χ4v) is 2.64. The molecule has 0 aliphatic heterocycles. The van der Waals surface area contributed by atoms with Crippen LogP contribution in [0.1, 0.15) is 31.5 Å². The third-order valence-corrected chi connectivity index (χ3v) is 4.18. The van der Waals surface area contributed by atoms with Crippen LogP contribution in [0, 0.1) is 0 Å². The van der Waals surface area contributed by atoms with Crippen LogP contribution >= 0.6 is 0 Å². The number of amides is 1. The molecule has 1 aromatic heterocycles. The average molecular weight is 319 g/mol. The van der Waals surface area contributed by atoms with Crippen LogP contribution in [0.25, 0.3) is 11.1 Å². The molecule has 3 rings (SSSR count). The number of aromatic nitrogens is 2. The number of rotatable bonds is 5. The minimum atomic E-state index is -0.328. The van der Waals surface area contributed by atoms with Crippen LogP contribution in [0.15, 0.2) is 73.1 Å². The zero-order valence-electron chi connectivity index (χ0n) is 13.9. The monoisotopic (exact) mass is 319 g/mol. The van der Waals surface area contributed by atoms with Crippen molar-refractivity contribution in [2.75, 3.05) is 0 Å². The minimum Gasteiger partial charge on any atom is -0.348 e. The van der Waals surface area contributed by atoms with E-state index in [0.717, 1.165) is 5.56 Å². The molecule has 2 unspecified atom stereocenters. The van der Waals surface area contributed by atoms with Crippen LogP contribution in [0.5, 0.6) is 0 Å². The minimum absolute atomic E-state index is 0.0432. The molecule has 1 N–H and O–H groups in total. The van der Waals surface area contributed by atoms with E-state index >= 15 is 0 Å². The van der Waals surface area contributed by atoms with Crippen LogP contribution in [-0.4, -0.2) is 15.7 Å². The van der Waals surface area contributed by atoms with Gasteiger partial charge in [-0.1, -0.05) is 54.6 Å². The standard InChI is InChI=1S/C20H21N3O/c1-15(22-20(24)16(2)23-14-6-13-21-23)17-9-11-19(12-10-17)18-7-4-3-5-8-18/h3-16H,1-2H3,(H,22,24). The Hall–Kier alpha value is -2.88. The summed E-state index contributed by atoms with van der Waals surface area (Å²) in [6.07, 6.45) is 3.47. The fraction of sp³-hybridized carbons (Fsp3) is 0.200. The van der Waals surface area contributed by atoms with E-state index in [1.54, 1.807) is 17.1 Å². The van der Waals surface area contributed by atoms with Crippen molar-refractivity contribution < 1.29 is 4.79 Å². The third kappa shape index (κ3) is 3.54. The summed E-state index contributed by atoms with van der Waals surface area (Å²) in [5.41, 5.74) is 3.44. The van der Waals surface area contributed by atoms with Gasteiger partial charge in [-0.15, -0.1) is 0 Å². The molecule has 4 nitrogen and oxygen atoms in total. The maximum Gasteiger partial charge on any atom is 0.245 e. The summed E-state index contributed by atoms with van der Waals surface area (Å²) >= 11 is 0. The number of nitrogens with one attached hydrogen (secondary N) is 1. The first-order chi connectivity index (χ1) is 11.6. The molecule has 24 heavy (non-hydrogen) atoms. The van der Waals surface area contributed by atoms with E-state index in [-0.39, 0.29) is 18.0 Å². The summed E-state index contributed by atoms with van der Waals surface area (Å²) in [5, 5.41) is 7.16. The third-order valence-electron chi connectivity index (χ3n) is 4.18. The second-order valence-corrected chi connectivity index (χ2v) is 5.88. The molecule has 122 valence electrons. The summed E-state index contributed by atoms with van der Waals surface area (Å²) in [7, 11) is 0. The molecule has 4 heteroatoms. The molecule has 0 saturated carbocycles. The van der Waals surface area contributed by atoms with Gasteiger partial charge in [0.05, 0.1) is 6.04 Å². The van der Waals surface area contributed by atoms with Gasteiger partial charge < -0.3 is 5.32 Å². The average Bonchev–Trinajstić information content (AvgIpc) is 3.16. The summed E-state index contributed by atoms with van der Waals surface area (Å²) in [6, 6.07) is 20.0. The van der Waals surface area contributed by atoms with E-state index in [2.05, 4.69) is 46.8 Å². The molecular formula is C20H21N3O. The number of carbonyl (C=O) groups is 1. The highest BCUT2D eigenvalue weighted by molar-refractivity contribution is 5.80. The van der Waals surface area contributed by atoms with Gasteiger partial charge in [0.25, 0.3) is 0 Å². The van der Waals surface area contributed by atoms with Crippen molar-refractivity contribution in [1.82, 2.24) is 15.1 Å². The van der Waals surface area contributed by atoms with Gasteiger partial charge in [-0.2, -0.15) is 5.10 Å². The quantitative estimate of drug-likeness (QED) is 0.773. The number of benzene rings is 2. The summed E-state index contributed by atoms with van der Waals surface area (Å²) in [5.74, 6) is -0.0432. The Labute approximate surface area is 142 Å². The normalized spacial score (nSPS) is 13.2. The van der Waals surface area contributed by atoms with Crippen LogP contribution in [0.4, 0.5) is 0 Å². The highest BCUT2D eigenvalue weighted by atomic mass is 16.2. The summed E-state index contributed by atoms with van der Waals surface area (Å²) < 4.78 is 1.65. The van der Waals surface area contributed by atoms with E-state index < -0.39 is 0 Å². The van der Waals surface area contributed by atoms with Crippen molar-refractivity contribution in [1.29, 1.82) is 0 Å². The summed E-state index contributed by atoms with van der Waals surface area (Å²) in [4.78, 5) is 12.3. The van der Waals surface area contributed by atoms with Crippen molar-refractivity contribution >= 4 is 5.91 Å². The molecule has 1 heterocycles. The van der Waals surface area contributed by atoms with Gasteiger partial charge in [-0.3, -0.25) is 9.48 Å². The molecule has 0 saturated heterocycles. The van der Waals surface area contributed by atoms with E-state index in [1.165, 1.54) is 11.1 Å². The van der Waals surface area contributed by atoms with Gasteiger partial charge in [-0.05, 0) is 36.6 Å². The molecule has 3 aromatic rings. The second kappa shape index (κ2) is 7.13. The SMILES string of the molecule is CC(NC(=O)C(C)n1cccn1)c1ccc(-c2ccccc2)cc1. The molecular weight excluding hydrogens is 298 g/mol. The van der Waals surface area contributed by atoms with Crippen LogP contribution < -0.4 is 5.32 Å². The van der Waals surface area contributed by atoms with Crippen molar-refractivity contribution in [2.45, 2.75) is 25.9 Å². The Kier molecular flexibility index (Phi) is 4.75. The maximum absolute atomic E-state index is 12.3. The first-order valence-electron chi connectivity index (χ1n) is 8.10. The first kappa shape index (κ1) is 16.0. The van der Waals surface area contributed by atoms with E-state index in [9.17, 15) is 4.79 Å². The van der Waals surface area contributed by atoms with Crippen molar-refractivity contribution in [3.8, 4) is 11.1 Å². The zero-order chi connectivity index (χ0) is 16.9. The maximum atomic E-state index is 12.3. The highest BCUT2D eigenvalue weighted by Gasteiger charge is 2.17. The van der Waals surface area contributed by atoms with E-state index in [1.807, 2.05) is 38.1 Å². The predicted octanol–water partition coefficient (Wildman–Crippen LogP) is 3.99. The molecule has 0 radical (unpaired) electrons. The Morgan fingerprint density at radius 3 is 2.25 bits per heavy atom. The lowest BCUT2D eigenvalue weighted by Crippen LogP contribution is -2.33. The van der Waals surface area contributed by atoms with Gasteiger partial charge >= 0.3 is 0 Å². The van der Waals surface area contributed by atoms with Gasteiger partial charge in [0, 0.05) is 12.4 Å². The molecule has 0 bridgehead atoms. The van der Waals surface area contributed by atoms with Crippen molar-refractivity contribution in [3.63, 3.8) is 0 Å². The highest BCUT2D eigenvalue weighted by Crippen LogP contribution is 2.22. The Morgan fingerprint density at radius 1 is 0.958 bits per heavy atom. The molecule has 0 aliphatic rings. The fourth-order valence-electron chi connectivity index (χ4n) is 2.64. The van der Waals surface area contributed by atoms with Gasteiger partial charge in [-0.25, -0.2) is 0 Å². The second-order valence-electron chi connectivity index (χ2n) is 5.88. The van der Waals surface area contributed by atoms with Gasteiger partial charge in [0.1, 0.15) is 6.04 Å². The van der Waals surface area contributed by atoms with Gasteiger partial charge in [0.15, 0.2) is 0 Å². The van der Waals surface area contributed by atoms with Crippen LogP contribution in [0.3, 0.4) is 0 Å². The smallest absolute Gasteiger partial charge is 0.245 e. The van der Waals surface area contributed by atoms with Crippen LogP contribution in [-0.2, 0) is 4.79 Å². The molecule has 0 aliphatic carbocycles. The largest absolute Gasteiger partial charge is 0.348 e. The number of nitrogens with zero attached hydrogens (tertiary/aromatic N) is 2. The van der Waals surface area contributed by atoms with Crippen molar-refractivity contribution in [3.05, 3.63) is 78.6 Å². The van der Waals surface area contributed by atoms with Gasteiger partial charge in [0.2, 0.25) is 5.91 Å². The first-order valence-corrected chi connectivity index (χ1v) is 8.10. The van der Waals surface area contributed by atoms with E-state index in [0.29, 0.717) is 0 Å².